The summed E-state index contributed by atoms with van der Waals surface area (Å²) in [6, 6.07) is 0. The topological polar surface area (TPSA) is 251 Å². The van der Waals surface area contributed by atoms with E-state index in [0.717, 1.165) is 20.0 Å². The van der Waals surface area contributed by atoms with Crippen LogP contribution in [0.5, 0.6) is 0 Å². The Kier molecular flexibility index (Phi) is 26.3. The molecule has 0 radical (unpaired) electrons. The third kappa shape index (κ3) is 26.8. The molecule has 0 aliphatic heterocycles. The molecule has 0 spiro atoms. The fourth-order valence-electron chi connectivity index (χ4n) is 3.15. The van der Waals surface area contributed by atoms with Crippen LogP contribution in [-0.2, 0) is 68.7 Å². The highest BCUT2D eigenvalue weighted by molar-refractivity contribution is 7.48. The van der Waals surface area contributed by atoms with Crippen molar-refractivity contribution in [2.24, 2.45) is 0 Å². The number of phosphoric ester groups is 4. The van der Waals surface area contributed by atoms with E-state index >= 15 is 0 Å². The van der Waals surface area contributed by atoms with E-state index in [0.29, 0.717) is 12.8 Å². The molecule has 0 aromatic carbocycles. The summed E-state index contributed by atoms with van der Waals surface area (Å²) in [6.07, 6.45) is 3.13. The van der Waals surface area contributed by atoms with Gasteiger partial charge in [-0.15, -0.1) is 0 Å². The first-order valence-corrected chi connectivity index (χ1v) is 21.2. The highest BCUT2D eigenvalue weighted by atomic mass is 31.2. The summed E-state index contributed by atoms with van der Waals surface area (Å²) in [7, 11) is -16.2. The van der Waals surface area contributed by atoms with Gasteiger partial charge < -0.3 is 33.8 Å². The largest absolute Gasteiger partial charge is 0.472 e. The van der Waals surface area contributed by atoms with Gasteiger partial charge in [-0.1, -0.05) is 26.7 Å². The summed E-state index contributed by atoms with van der Waals surface area (Å²) in [5, 5.41) is 0. The Morgan fingerprint density at radius 2 is 0.851 bits per heavy atom. The first-order chi connectivity index (χ1) is 22.1. The van der Waals surface area contributed by atoms with Gasteiger partial charge in [0.05, 0.1) is 59.5 Å². The van der Waals surface area contributed by atoms with Crippen molar-refractivity contribution in [1.29, 1.82) is 0 Å². The summed E-state index contributed by atoms with van der Waals surface area (Å²) in [6.45, 7) is 3.55. The standard InChI is InChI=1S/C24H54O19P4/c1-5-8-16-38-46(29,30)41-18-10-13-34-21-24(23-43-44(25,26)33-4,36-15-12-20-40-45(27,28)37-7-3)22-35-14-11-19-42-47(31,32)39-17-9-6-2/h5-23H2,1-4H3,(H,25,26)(H,27,28)(H,29,30)(H,31,32). The van der Waals surface area contributed by atoms with Gasteiger partial charge >= 0.3 is 31.3 Å². The number of rotatable bonds is 34. The van der Waals surface area contributed by atoms with Crippen LogP contribution in [0.1, 0.15) is 65.7 Å². The molecule has 23 heteroatoms. The molecule has 4 N–H and O–H groups in total. The Morgan fingerprint density at radius 1 is 0.468 bits per heavy atom. The van der Waals surface area contributed by atoms with E-state index in [1.807, 2.05) is 13.8 Å². The van der Waals surface area contributed by atoms with Crippen molar-refractivity contribution >= 4 is 31.3 Å². The molecule has 0 saturated carbocycles. The molecule has 0 aromatic rings. The van der Waals surface area contributed by atoms with Gasteiger partial charge in [0.15, 0.2) is 0 Å². The SMILES string of the molecule is CCCCOP(=O)(O)OCCCOCC(COCCCOP(=O)(O)OCCCC)(COP(=O)(O)OC)OCCCOP(=O)(O)OCC. The summed E-state index contributed by atoms with van der Waals surface area (Å²) >= 11 is 0. The van der Waals surface area contributed by atoms with Gasteiger partial charge in [-0.2, -0.15) is 0 Å². The maximum absolute atomic E-state index is 12.1. The van der Waals surface area contributed by atoms with Crippen LogP contribution in [0.25, 0.3) is 0 Å². The van der Waals surface area contributed by atoms with Crippen molar-refractivity contribution in [3.05, 3.63) is 0 Å². The van der Waals surface area contributed by atoms with Crippen LogP contribution in [0.15, 0.2) is 0 Å². The lowest BCUT2D eigenvalue weighted by Gasteiger charge is -2.33. The van der Waals surface area contributed by atoms with Gasteiger partial charge in [0.1, 0.15) is 5.60 Å². The monoisotopic (exact) mass is 770 g/mol. The van der Waals surface area contributed by atoms with Gasteiger partial charge in [-0.25, -0.2) is 18.3 Å². The van der Waals surface area contributed by atoms with Crippen LogP contribution in [0, 0.1) is 0 Å². The second-order valence-electron chi connectivity index (χ2n) is 9.82. The van der Waals surface area contributed by atoms with E-state index in [1.54, 1.807) is 0 Å². The molecule has 0 aliphatic carbocycles. The van der Waals surface area contributed by atoms with Gasteiger partial charge in [-0.3, -0.25) is 36.2 Å². The smallest absolute Gasteiger partial charge is 0.378 e. The van der Waals surface area contributed by atoms with E-state index in [1.165, 1.54) is 6.92 Å². The lowest BCUT2D eigenvalue weighted by atomic mass is 10.1. The first kappa shape index (κ1) is 47.3. The second kappa shape index (κ2) is 26.1. The maximum atomic E-state index is 12.1. The number of hydrogen-bond donors (Lipinski definition) is 4. The predicted octanol–water partition coefficient (Wildman–Crippen LogP) is 4.73. The second-order valence-corrected chi connectivity index (χ2v) is 15.7. The van der Waals surface area contributed by atoms with Crippen LogP contribution in [0.4, 0.5) is 0 Å². The van der Waals surface area contributed by atoms with Crippen molar-refractivity contribution in [1.82, 2.24) is 0 Å². The zero-order valence-corrected chi connectivity index (χ0v) is 31.2. The molecule has 0 amide bonds. The Bertz CT molecular complexity index is 944. The molecule has 0 saturated heterocycles. The van der Waals surface area contributed by atoms with Gasteiger partial charge in [0.2, 0.25) is 0 Å². The van der Waals surface area contributed by atoms with Crippen molar-refractivity contribution < 1.29 is 88.2 Å². The Labute approximate surface area is 277 Å². The fraction of sp³-hybridized carbons (Fsp3) is 1.00. The fourth-order valence-corrected chi connectivity index (χ4v) is 6.00. The molecule has 0 bridgehead atoms. The van der Waals surface area contributed by atoms with E-state index in [4.69, 9.17) is 41.4 Å². The van der Waals surface area contributed by atoms with E-state index in [-0.39, 0.29) is 91.9 Å². The number of hydrogen-bond acceptors (Lipinski definition) is 15. The molecule has 0 rings (SSSR count). The summed E-state index contributed by atoms with van der Waals surface area (Å²) in [5.41, 5.74) is -1.55. The van der Waals surface area contributed by atoms with E-state index < -0.39 is 43.5 Å². The molecule has 47 heavy (non-hydrogen) atoms. The molecular weight excluding hydrogens is 716 g/mol. The molecule has 0 aromatic heterocycles. The Balaban J connectivity index is 5.32. The minimum Gasteiger partial charge on any atom is -0.378 e. The van der Waals surface area contributed by atoms with E-state index in [9.17, 15) is 37.8 Å². The molecule has 0 fully saturated rings. The van der Waals surface area contributed by atoms with Crippen LogP contribution in [0.3, 0.4) is 0 Å². The van der Waals surface area contributed by atoms with Gasteiger partial charge in [0.25, 0.3) is 0 Å². The molecule has 19 nitrogen and oxygen atoms in total. The normalized spacial score (nSPS) is 18.6. The highest BCUT2D eigenvalue weighted by Gasteiger charge is 2.36. The summed E-state index contributed by atoms with van der Waals surface area (Å²) in [4.78, 5) is 38.9. The van der Waals surface area contributed by atoms with Crippen LogP contribution in [-0.4, -0.2) is 112 Å². The highest BCUT2D eigenvalue weighted by Crippen LogP contribution is 2.45. The molecule has 4 atom stereocenters. The van der Waals surface area contributed by atoms with Crippen LogP contribution >= 0.6 is 31.3 Å². The zero-order valence-electron chi connectivity index (χ0n) is 27.6. The molecule has 4 unspecified atom stereocenters. The summed E-state index contributed by atoms with van der Waals surface area (Å²) in [5.74, 6) is 0. The van der Waals surface area contributed by atoms with E-state index in [2.05, 4.69) is 9.05 Å². The molecule has 284 valence electrons. The van der Waals surface area contributed by atoms with Crippen molar-refractivity contribution in [2.45, 2.75) is 71.3 Å². The molecule has 0 heterocycles. The number of ether oxygens (including phenoxy) is 3. The van der Waals surface area contributed by atoms with Crippen LogP contribution < -0.4 is 0 Å². The zero-order chi connectivity index (χ0) is 35.7. The molecular formula is C24H54O19P4. The Hall–Kier alpha value is 0.320. The molecule has 0 aliphatic rings. The minimum absolute atomic E-state index is 0.00997. The van der Waals surface area contributed by atoms with Gasteiger partial charge in [-0.05, 0) is 39.0 Å². The minimum atomic E-state index is -4.49. The summed E-state index contributed by atoms with van der Waals surface area (Å²) < 4.78 is 104. The maximum Gasteiger partial charge on any atom is 0.472 e. The lowest BCUT2D eigenvalue weighted by Crippen LogP contribution is -2.47. The number of phosphoric acid groups is 4. The quantitative estimate of drug-likeness (QED) is 0.0510. The van der Waals surface area contributed by atoms with Crippen molar-refractivity contribution in [3.63, 3.8) is 0 Å². The number of unbranched alkanes of at least 4 members (excludes halogenated alkanes) is 2. The third-order valence-electron chi connectivity index (χ3n) is 5.57. The van der Waals surface area contributed by atoms with Crippen molar-refractivity contribution in [2.75, 3.05) is 86.4 Å². The van der Waals surface area contributed by atoms with Gasteiger partial charge in [0, 0.05) is 26.9 Å². The third-order valence-corrected chi connectivity index (χ3v) is 9.62. The predicted molar refractivity (Wildman–Crippen MR) is 168 cm³/mol. The van der Waals surface area contributed by atoms with Crippen molar-refractivity contribution in [3.8, 4) is 0 Å². The first-order valence-electron chi connectivity index (χ1n) is 15.2. The average molecular weight is 771 g/mol. The average Bonchev–Trinajstić information content (AvgIpc) is 2.99. The lowest BCUT2D eigenvalue weighted by molar-refractivity contribution is -0.157. The Morgan fingerprint density at radius 3 is 1.23 bits per heavy atom. The van der Waals surface area contributed by atoms with Crippen LogP contribution in [0.2, 0.25) is 0 Å².